The van der Waals surface area contributed by atoms with E-state index in [0.29, 0.717) is 24.2 Å². The highest BCUT2D eigenvalue weighted by molar-refractivity contribution is 9.10. The fraction of sp³-hybridized carbons (Fsp3) is 0.455. The van der Waals surface area contributed by atoms with E-state index in [4.69, 9.17) is 4.42 Å². The molecule has 6 nitrogen and oxygen atoms in total. The lowest BCUT2D eigenvalue weighted by atomic mass is 10.3. The maximum absolute atomic E-state index is 11.7. The molecule has 0 aromatic carbocycles. The Hall–Kier alpha value is -1.34. The minimum atomic E-state index is -0.453. The summed E-state index contributed by atoms with van der Waals surface area (Å²) in [5.41, 5.74) is 0. The van der Waals surface area contributed by atoms with E-state index in [1.807, 2.05) is 0 Å². The monoisotopic (exact) mass is 316 g/mol. The number of hydrogen-bond donors (Lipinski definition) is 2. The highest BCUT2D eigenvalue weighted by Gasteiger charge is 2.24. The van der Waals surface area contributed by atoms with E-state index in [0.717, 1.165) is 0 Å². The van der Waals surface area contributed by atoms with Crippen molar-refractivity contribution in [3.63, 3.8) is 0 Å². The van der Waals surface area contributed by atoms with Crippen LogP contribution in [0.5, 0.6) is 0 Å². The van der Waals surface area contributed by atoms with E-state index < -0.39 is 12.0 Å². The number of rotatable bonds is 3. The lowest BCUT2D eigenvalue weighted by Crippen LogP contribution is -2.39. The van der Waals surface area contributed by atoms with Gasteiger partial charge in [0, 0.05) is 13.1 Å². The predicted molar refractivity (Wildman–Crippen MR) is 65.9 cm³/mol. The summed E-state index contributed by atoms with van der Waals surface area (Å²) in [4.78, 5) is 24.8. The van der Waals surface area contributed by atoms with E-state index >= 15 is 0 Å². The van der Waals surface area contributed by atoms with Crippen LogP contribution in [0.4, 0.5) is 0 Å². The smallest absolute Gasteiger partial charge is 0.287 e. The Morgan fingerprint density at radius 2 is 2.33 bits per heavy atom. The Morgan fingerprint density at radius 3 is 2.89 bits per heavy atom. The predicted octanol–water partition coefficient (Wildman–Crippen LogP) is 0.365. The number of carbonyl (C=O) groups excluding carboxylic acids is 2. The number of aliphatic hydroxyl groups excluding tert-OH is 1. The van der Waals surface area contributed by atoms with E-state index in [2.05, 4.69) is 21.2 Å². The average Bonchev–Trinajstić information content (AvgIpc) is 2.94. The van der Waals surface area contributed by atoms with Gasteiger partial charge >= 0.3 is 0 Å². The van der Waals surface area contributed by atoms with Gasteiger partial charge in [0.05, 0.1) is 12.6 Å². The Kier molecular flexibility index (Phi) is 4.03. The summed E-state index contributed by atoms with van der Waals surface area (Å²) in [7, 11) is 0. The van der Waals surface area contributed by atoms with Crippen molar-refractivity contribution >= 4 is 27.7 Å². The molecule has 18 heavy (non-hydrogen) atoms. The van der Waals surface area contributed by atoms with Gasteiger partial charge in [0.15, 0.2) is 10.4 Å². The van der Waals surface area contributed by atoms with Crippen LogP contribution < -0.4 is 5.32 Å². The first-order valence-corrected chi connectivity index (χ1v) is 6.35. The summed E-state index contributed by atoms with van der Waals surface area (Å²) in [6.45, 7) is 0.771. The van der Waals surface area contributed by atoms with Crippen molar-refractivity contribution < 1.29 is 19.1 Å². The maximum Gasteiger partial charge on any atom is 0.287 e. The highest BCUT2D eigenvalue weighted by atomic mass is 79.9. The van der Waals surface area contributed by atoms with E-state index in [1.54, 1.807) is 6.07 Å². The molecule has 0 aliphatic carbocycles. The van der Waals surface area contributed by atoms with Gasteiger partial charge in [-0.15, -0.1) is 0 Å². The van der Waals surface area contributed by atoms with Crippen molar-refractivity contribution in [1.82, 2.24) is 10.2 Å². The molecule has 98 valence electrons. The number of nitrogens with one attached hydrogen (secondary N) is 1. The van der Waals surface area contributed by atoms with Crippen molar-refractivity contribution in [2.24, 2.45) is 0 Å². The van der Waals surface area contributed by atoms with Crippen LogP contribution in [0.25, 0.3) is 0 Å². The number of likely N-dealkylation sites (tertiary alicyclic amines) is 1. The highest BCUT2D eigenvalue weighted by Crippen LogP contribution is 2.13. The first-order valence-electron chi connectivity index (χ1n) is 5.55. The molecule has 1 aromatic rings. The Labute approximate surface area is 112 Å². The summed E-state index contributed by atoms with van der Waals surface area (Å²) in [6.07, 6.45) is 0.135. The first-order chi connectivity index (χ1) is 8.56. The second-order valence-electron chi connectivity index (χ2n) is 4.07. The molecular formula is C11H13BrN2O4. The van der Waals surface area contributed by atoms with Crippen LogP contribution in [0.2, 0.25) is 0 Å². The van der Waals surface area contributed by atoms with Gasteiger partial charge < -0.3 is 19.7 Å². The Morgan fingerprint density at radius 1 is 1.56 bits per heavy atom. The molecule has 1 fully saturated rings. The molecule has 1 aliphatic rings. The van der Waals surface area contributed by atoms with Gasteiger partial charge in [-0.1, -0.05) is 0 Å². The lowest BCUT2D eigenvalue weighted by molar-refractivity contribution is -0.129. The molecule has 7 heteroatoms. The molecule has 0 spiro atoms. The number of aliphatic hydroxyl groups is 1. The van der Waals surface area contributed by atoms with Gasteiger partial charge in [0.1, 0.15) is 0 Å². The molecule has 1 atom stereocenters. The number of halogens is 1. The average molecular weight is 317 g/mol. The van der Waals surface area contributed by atoms with Gasteiger partial charge in [-0.05, 0) is 34.5 Å². The molecule has 1 aliphatic heterocycles. The molecule has 0 saturated carbocycles. The molecule has 2 N–H and O–H groups in total. The standard InChI is InChI=1S/C11H13BrN2O4/c12-9-2-1-8(18-9)11(17)13-5-10(16)14-4-3-7(15)6-14/h1-2,7,15H,3-6H2,(H,13,17). The lowest BCUT2D eigenvalue weighted by Gasteiger charge is -2.15. The molecule has 1 saturated heterocycles. The maximum atomic E-state index is 11.7. The molecule has 2 rings (SSSR count). The van der Waals surface area contributed by atoms with Crippen molar-refractivity contribution in [3.05, 3.63) is 22.6 Å². The van der Waals surface area contributed by atoms with Gasteiger partial charge in [0.2, 0.25) is 5.91 Å². The largest absolute Gasteiger partial charge is 0.444 e. The second kappa shape index (κ2) is 5.53. The zero-order valence-electron chi connectivity index (χ0n) is 9.56. The van der Waals surface area contributed by atoms with Crippen LogP contribution in [0.15, 0.2) is 21.2 Å². The molecular weight excluding hydrogens is 304 g/mol. The summed E-state index contributed by atoms with van der Waals surface area (Å²) in [5.74, 6) is -0.490. The minimum absolute atomic E-state index is 0.0934. The fourth-order valence-electron chi connectivity index (χ4n) is 1.76. The van der Waals surface area contributed by atoms with Gasteiger partial charge in [0.25, 0.3) is 5.91 Å². The SMILES string of the molecule is O=C(NCC(=O)N1CCC(O)C1)c1ccc(Br)o1. The molecule has 2 amide bonds. The van der Waals surface area contributed by atoms with Crippen LogP contribution in [0.1, 0.15) is 17.0 Å². The van der Waals surface area contributed by atoms with Crippen LogP contribution in [0.3, 0.4) is 0 Å². The number of amides is 2. The zero-order valence-corrected chi connectivity index (χ0v) is 11.1. The fourth-order valence-corrected chi connectivity index (χ4v) is 2.07. The topological polar surface area (TPSA) is 82.8 Å². The summed E-state index contributed by atoms with van der Waals surface area (Å²) >= 11 is 3.09. The number of furan rings is 1. The second-order valence-corrected chi connectivity index (χ2v) is 4.85. The summed E-state index contributed by atoms with van der Waals surface area (Å²) in [5, 5.41) is 11.8. The van der Waals surface area contributed by atoms with Crippen molar-refractivity contribution in [3.8, 4) is 0 Å². The van der Waals surface area contributed by atoms with Gasteiger partial charge in [-0.3, -0.25) is 9.59 Å². The van der Waals surface area contributed by atoms with Crippen LogP contribution in [-0.2, 0) is 4.79 Å². The minimum Gasteiger partial charge on any atom is -0.444 e. The molecule has 0 bridgehead atoms. The van der Waals surface area contributed by atoms with Crippen molar-refractivity contribution in [1.29, 1.82) is 0 Å². The number of nitrogens with zero attached hydrogens (tertiary/aromatic N) is 1. The zero-order chi connectivity index (χ0) is 13.1. The molecule has 2 heterocycles. The number of carbonyl (C=O) groups is 2. The normalized spacial score (nSPS) is 19.0. The Bertz CT molecular complexity index is 460. The van der Waals surface area contributed by atoms with Gasteiger partial charge in [-0.2, -0.15) is 0 Å². The van der Waals surface area contributed by atoms with Crippen molar-refractivity contribution in [2.75, 3.05) is 19.6 Å². The molecule has 0 radical (unpaired) electrons. The van der Waals surface area contributed by atoms with E-state index in [-0.39, 0.29) is 18.2 Å². The third-order valence-corrected chi connectivity index (χ3v) is 3.14. The van der Waals surface area contributed by atoms with Gasteiger partial charge in [-0.25, -0.2) is 0 Å². The van der Waals surface area contributed by atoms with Crippen LogP contribution in [0, 0.1) is 0 Å². The Balaban J connectivity index is 1.81. The summed E-state index contributed by atoms with van der Waals surface area (Å²) < 4.78 is 5.52. The third kappa shape index (κ3) is 3.11. The third-order valence-electron chi connectivity index (χ3n) is 2.71. The number of hydrogen-bond acceptors (Lipinski definition) is 4. The molecule has 1 aromatic heterocycles. The van der Waals surface area contributed by atoms with Crippen LogP contribution >= 0.6 is 15.9 Å². The quantitative estimate of drug-likeness (QED) is 0.843. The molecule has 1 unspecified atom stereocenters. The number of β-amino-alcohol motifs (C(OH)–C–C–N with tert-alkyl or cyclic N) is 1. The van der Waals surface area contributed by atoms with Crippen molar-refractivity contribution in [2.45, 2.75) is 12.5 Å². The summed E-state index contributed by atoms with van der Waals surface area (Å²) in [6, 6.07) is 3.12. The van der Waals surface area contributed by atoms with Crippen LogP contribution in [-0.4, -0.2) is 47.6 Å². The van der Waals surface area contributed by atoms with E-state index in [1.165, 1.54) is 11.0 Å². The van der Waals surface area contributed by atoms with E-state index in [9.17, 15) is 14.7 Å². The first kappa shape index (κ1) is 13.1.